The zero-order chi connectivity index (χ0) is 18.5. The zero-order valence-electron chi connectivity index (χ0n) is 16.2. The molecule has 1 amide bonds. The molecule has 6 nitrogen and oxygen atoms in total. The summed E-state index contributed by atoms with van der Waals surface area (Å²) in [6, 6.07) is 12.8. The first kappa shape index (κ1) is 23.3. The van der Waals surface area contributed by atoms with Crippen LogP contribution in [-0.2, 0) is 4.79 Å². The SMILES string of the molecule is Cl.Cl.O=C(COc1ccc(Oc2ccccn2)cc1)N1CC[C@@H]2CNC[C@@H]2CC1. The van der Waals surface area contributed by atoms with E-state index in [9.17, 15) is 4.79 Å². The maximum absolute atomic E-state index is 12.5. The Labute approximate surface area is 183 Å². The molecule has 2 atom stereocenters. The molecule has 2 aromatic rings. The Morgan fingerprint density at radius 2 is 1.66 bits per heavy atom. The van der Waals surface area contributed by atoms with Crippen LogP contribution >= 0.6 is 24.8 Å². The van der Waals surface area contributed by atoms with Crippen LogP contribution in [0.25, 0.3) is 0 Å². The van der Waals surface area contributed by atoms with Crippen molar-refractivity contribution < 1.29 is 14.3 Å². The summed E-state index contributed by atoms with van der Waals surface area (Å²) in [5.41, 5.74) is 0. The van der Waals surface area contributed by atoms with Crippen LogP contribution < -0.4 is 14.8 Å². The van der Waals surface area contributed by atoms with Crippen molar-refractivity contribution in [3.63, 3.8) is 0 Å². The number of rotatable bonds is 5. The average molecular weight is 440 g/mol. The van der Waals surface area contributed by atoms with Gasteiger partial charge in [0.15, 0.2) is 6.61 Å². The van der Waals surface area contributed by atoms with E-state index >= 15 is 0 Å². The molecular weight excluding hydrogens is 413 g/mol. The Morgan fingerprint density at radius 1 is 1.00 bits per heavy atom. The summed E-state index contributed by atoms with van der Waals surface area (Å²) in [5, 5.41) is 3.46. The van der Waals surface area contributed by atoms with Crippen LogP contribution in [0.5, 0.6) is 17.4 Å². The van der Waals surface area contributed by atoms with E-state index in [1.807, 2.05) is 41.3 Å². The predicted octanol–water partition coefficient (Wildman–Crippen LogP) is 3.55. The number of carbonyl (C=O) groups is 1. The Balaban J connectivity index is 0.00000150. The molecule has 1 aromatic carbocycles. The molecule has 0 unspecified atom stereocenters. The maximum atomic E-state index is 12.5. The largest absolute Gasteiger partial charge is 0.484 e. The van der Waals surface area contributed by atoms with Crippen LogP contribution in [0.1, 0.15) is 12.8 Å². The fourth-order valence-corrected chi connectivity index (χ4v) is 3.84. The fourth-order valence-electron chi connectivity index (χ4n) is 3.84. The van der Waals surface area contributed by atoms with E-state index in [-0.39, 0.29) is 37.3 Å². The number of hydrogen-bond donors (Lipinski definition) is 1. The Kier molecular flexibility index (Phi) is 9.01. The Morgan fingerprint density at radius 3 is 2.28 bits per heavy atom. The summed E-state index contributed by atoms with van der Waals surface area (Å²) < 4.78 is 11.3. The molecule has 158 valence electrons. The lowest BCUT2D eigenvalue weighted by molar-refractivity contribution is -0.133. The number of pyridine rings is 1. The summed E-state index contributed by atoms with van der Waals surface area (Å²) in [6.45, 7) is 3.93. The van der Waals surface area contributed by atoms with Gasteiger partial charge < -0.3 is 19.7 Å². The van der Waals surface area contributed by atoms with Gasteiger partial charge in [-0.2, -0.15) is 0 Å². The van der Waals surface area contributed by atoms with Gasteiger partial charge >= 0.3 is 0 Å². The molecule has 0 radical (unpaired) electrons. The molecule has 1 aromatic heterocycles. The molecule has 29 heavy (non-hydrogen) atoms. The number of likely N-dealkylation sites (tertiary alicyclic amines) is 1. The molecule has 2 aliphatic rings. The first-order valence-electron chi connectivity index (χ1n) is 9.58. The monoisotopic (exact) mass is 439 g/mol. The Hall–Kier alpha value is -2.02. The van der Waals surface area contributed by atoms with Crippen molar-refractivity contribution in [3.8, 4) is 17.4 Å². The second-order valence-corrected chi connectivity index (χ2v) is 7.17. The summed E-state index contributed by atoms with van der Waals surface area (Å²) in [4.78, 5) is 18.6. The van der Waals surface area contributed by atoms with E-state index in [4.69, 9.17) is 9.47 Å². The number of halogens is 2. The highest BCUT2D eigenvalue weighted by Crippen LogP contribution is 2.27. The van der Waals surface area contributed by atoms with Crippen molar-refractivity contribution >= 4 is 30.7 Å². The van der Waals surface area contributed by atoms with Gasteiger partial charge in [-0.3, -0.25) is 4.79 Å². The topological polar surface area (TPSA) is 63.7 Å². The highest BCUT2D eigenvalue weighted by Gasteiger charge is 2.31. The van der Waals surface area contributed by atoms with Gasteiger partial charge in [0.25, 0.3) is 5.91 Å². The normalized spacial score (nSPS) is 20.5. The fraction of sp³-hybridized carbons (Fsp3) is 0.429. The molecule has 0 spiro atoms. The number of nitrogens with one attached hydrogen (secondary N) is 1. The van der Waals surface area contributed by atoms with Crippen molar-refractivity contribution in [3.05, 3.63) is 48.7 Å². The van der Waals surface area contributed by atoms with Crippen molar-refractivity contribution in [1.82, 2.24) is 15.2 Å². The summed E-state index contributed by atoms with van der Waals surface area (Å²) in [6.07, 6.45) is 3.86. The number of amides is 1. The highest BCUT2D eigenvalue weighted by atomic mass is 35.5. The predicted molar refractivity (Wildman–Crippen MR) is 116 cm³/mol. The molecule has 2 fully saturated rings. The summed E-state index contributed by atoms with van der Waals surface area (Å²) in [7, 11) is 0. The lowest BCUT2D eigenvalue weighted by Gasteiger charge is -2.21. The lowest BCUT2D eigenvalue weighted by atomic mass is 9.92. The minimum atomic E-state index is 0. The van der Waals surface area contributed by atoms with Gasteiger partial charge in [0, 0.05) is 25.4 Å². The molecule has 1 N–H and O–H groups in total. The van der Waals surface area contributed by atoms with Gasteiger partial charge in [-0.15, -0.1) is 24.8 Å². The minimum absolute atomic E-state index is 0. The minimum Gasteiger partial charge on any atom is -0.484 e. The van der Waals surface area contributed by atoms with Crippen molar-refractivity contribution in [2.75, 3.05) is 32.8 Å². The van der Waals surface area contributed by atoms with Crippen LogP contribution in [0.3, 0.4) is 0 Å². The van der Waals surface area contributed by atoms with Crippen LogP contribution in [0.15, 0.2) is 48.7 Å². The molecule has 2 aliphatic heterocycles. The molecular formula is C21H27Cl2N3O3. The lowest BCUT2D eigenvalue weighted by Crippen LogP contribution is -2.36. The quantitative estimate of drug-likeness (QED) is 0.771. The molecule has 4 rings (SSSR count). The zero-order valence-corrected chi connectivity index (χ0v) is 17.8. The molecule has 0 saturated carbocycles. The number of nitrogens with zero attached hydrogens (tertiary/aromatic N) is 2. The maximum Gasteiger partial charge on any atom is 0.260 e. The van der Waals surface area contributed by atoms with E-state index in [1.54, 1.807) is 12.3 Å². The van der Waals surface area contributed by atoms with Crippen LogP contribution in [0.2, 0.25) is 0 Å². The van der Waals surface area contributed by atoms with E-state index in [0.717, 1.165) is 50.9 Å². The third kappa shape index (κ3) is 6.23. The number of aromatic nitrogens is 1. The second-order valence-electron chi connectivity index (χ2n) is 7.17. The van der Waals surface area contributed by atoms with Crippen LogP contribution in [-0.4, -0.2) is 48.6 Å². The summed E-state index contributed by atoms with van der Waals surface area (Å²) in [5.74, 6) is 3.39. The van der Waals surface area contributed by atoms with E-state index in [1.165, 1.54) is 0 Å². The number of carbonyl (C=O) groups excluding carboxylic acids is 1. The van der Waals surface area contributed by atoms with E-state index in [0.29, 0.717) is 17.4 Å². The third-order valence-electron chi connectivity index (χ3n) is 5.42. The number of ether oxygens (including phenoxy) is 2. The van der Waals surface area contributed by atoms with Gasteiger partial charge in [0.1, 0.15) is 11.5 Å². The average Bonchev–Trinajstić information content (AvgIpc) is 3.06. The van der Waals surface area contributed by atoms with Gasteiger partial charge in [0.2, 0.25) is 5.88 Å². The van der Waals surface area contributed by atoms with Crippen molar-refractivity contribution in [2.45, 2.75) is 12.8 Å². The molecule has 3 heterocycles. The molecule has 2 saturated heterocycles. The van der Waals surface area contributed by atoms with Crippen LogP contribution in [0, 0.1) is 11.8 Å². The Bertz CT molecular complexity index is 748. The smallest absolute Gasteiger partial charge is 0.260 e. The number of hydrogen-bond acceptors (Lipinski definition) is 5. The standard InChI is InChI=1S/C21H25N3O3.2ClH/c25-21(24-11-8-16-13-22-14-17(16)9-12-24)15-26-18-4-6-19(7-5-18)27-20-3-1-2-10-23-20;;/h1-7,10,16-17,22H,8-9,11-15H2;2*1H/t16-,17+;;. The van der Waals surface area contributed by atoms with Crippen molar-refractivity contribution in [2.24, 2.45) is 11.8 Å². The van der Waals surface area contributed by atoms with E-state index < -0.39 is 0 Å². The van der Waals surface area contributed by atoms with Gasteiger partial charge in [-0.1, -0.05) is 6.07 Å². The molecule has 0 aliphatic carbocycles. The van der Waals surface area contributed by atoms with Crippen LogP contribution in [0.4, 0.5) is 0 Å². The van der Waals surface area contributed by atoms with Gasteiger partial charge in [-0.25, -0.2) is 4.98 Å². The number of fused-ring (bicyclic) bond motifs is 1. The summed E-state index contributed by atoms with van der Waals surface area (Å²) >= 11 is 0. The third-order valence-corrected chi connectivity index (χ3v) is 5.42. The highest BCUT2D eigenvalue weighted by molar-refractivity contribution is 5.85. The molecule has 8 heteroatoms. The number of benzene rings is 1. The first-order chi connectivity index (χ1) is 13.3. The second kappa shape index (κ2) is 11.2. The first-order valence-corrected chi connectivity index (χ1v) is 9.58. The van der Waals surface area contributed by atoms with E-state index in [2.05, 4.69) is 10.3 Å². The van der Waals surface area contributed by atoms with Gasteiger partial charge in [0.05, 0.1) is 0 Å². The van der Waals surface area contributed by atoms with Crippen molar-refractivity contribution in [1.29, 1.82) is 0 Å². The molecule has 0 bridgehead atoms. The van der Waals surface area contributed by atoms with Gasteiger partial charge in [-0.05, 0) is 68.1 Å².